The van der Waals surface area contributed by atoms with Gasteiger partial charge in [-0.25, -0.2) is 0 Å². The number of hydrogen-bond donors (Lipinski definition) is 1. The van der Waals surface area contributed by atoms with Crippen molar-refractivity contribution in [1.29, 1.82) is 0 Å². The summed E-state index contributed by atoms with van der Waals surface area (Å²) in [6, 6.07) is 39.7. The number of amides is 1. The van der Waals surface area contributed by atoms with E-state index in [1.54, 1.807) is 12.2 Å². The first-order valence-corrected chi connectivity index (χ1v) is 18.0. The smallest absolute Gasteiger partial charge is 0.223 e. The van der Waals surface area contributed by atoms with Crippen LogP contribution < -0.4 is 5.32 Å². The molecule has 1 saturated heterocycles. The summed E-state index contributed by atoms with van der Waals surface area (Å²) >= 11 is 0. The van der Waals surface area contributed by atoms with Crippen LogP contribution in [0.2, 0.25) is 0 Å². The zero-order valence-corrected chi connectivity index (χ0v) is 29.8. The van der Waals surface area contributed by atoms with Crippen LogP contribution in [0.5, 0.6) is 0 Å². The number of nitrogens with one attached hydrogen (secondary N) is 1. The highest BCUT2D eigenvalue weighted by Gasteiger charge is 2.49. The molecule has 6 atom stereocenters. The van der Waals surface area contributed by atoms with E-state index in [9.17, 15) is 4.79 Å². The summed E-state index contributed by atoms with van der Waals surface area (Å²) in [5, 5.41) is 3.21. The minimum Gasteiger partial charge on any atom is -0.375 e. The van der Waals surface area contributed by atoms with E-state index >= 15 is 0 Å². The van der Waals surface area contributed by atoms with Gasteiger partial charge < -0.3 is 33.7 Å². The minimum atomic E-state index is -0.676. The second kappa shape index (κ2) is 21.8. The number of benzene rings is 4. The third kappa shape index (κ3) is 12.7. The van der Waals surface area contributed by atoms with Gasteiger partial charge in [0.2, 0.25) is 5.91 Å². The first kappa shape index (κ1) is 38.8. The first-order valence-electron chi connectivity index (χ1n) is 18.0. The van der Waals surface area contributed by atoms with Crippen LogP contribution in [0.15, 0.2) is 147 Å². The van der Waals surface area contributed by atoms with Gasteiger partial charge in [-0.2, -0.15) is 0 Å². The summed E-state index contributed by atoms with van der Waals surface area (Å²) in [4.78, 5) is 14.0. The number of carbonyl (C=O) groups is 1. The molecule has 1 amide bonds. The monoisotopic (exact) mass is 705 g/mol. The van der Waals surface area contributed by atoms with Gasteiger partial charge in [0.25, 0.3) is 0 Å². The summed E-state index contributed by atoms with van der Waals surface area (Å²) in [6.07, 6.45) is 0.964. The van der Waals surface area contributed by atoms with E-state index in [0.29, 0.717) is 46.1 Å². The van der Waals surface area contributed by atoms with Gasteiger partial charge >= 0.3 is 0 Å². The second-order valence-electron chi connectivity index (χ2n) is 12.8. The lowest BCUT2D eigenvalue weighted by Crippen LogP contribution is -2.62. The van der Waals surface area contributed by atoms with Gasteiger partial charge in [-0.15, -0.1) is 13.2 Å². The molecule has 4 aromatic rings. The number of carbonyl (C=O) groups excluding carboxylic acids is 1. The van der Waals surface area contributed by atoms with E-state index in [2.05, 4.69) is 18.5 Å². The molecule has 0 aromatic heterocycles. The van der Waals surface area contributed by atoms with E-state index in [1.165, 1.54) is 0 Å². The van der Waals surface area contributed by atoms with Gasteiger partial charge in [0.05, 0.1) is 64.8 Å². The van der Waals surface area contributed by atoms with Crippen LogP contribution >= 0.6 is 0 Å². The third-order valence-corrected chi connectivity index (χ3v) is 8.74. The van der Waals surface area contributed by atoms with Gasteiger partial charge in [0, 0.05) is 0 Å². The van der Waals surface area contributed by atoms with E-state index in [4.69, 9.17) is 28.4 Å². The Bertz CT molecular complexity index is 1590. The van der Waals surface area contributed by atoms with Crippen LogP contribution in [0.4, 0.5) is 0 Å². The third-order valence-electron chi connectivity index (χ3n) is 8.74. The largest absolute Gasteiger partial charge is 0.375 e. The molecule has 0 unspecified atom stereocenters. The normalized spacial score (nSPS) is 20.5. The molecular weight excluding hydrogens is 654 g/mol. The molecule has 8 heteroatoms. The highest BCUT2D eigenvalue weighted by atomic mass is 16.6. The van der Waals surface area contributed by atoms with Crippen molar-refractivity contribution in [2.24, 2.45) is 0 Å². The molecule has 1 N–H and O–H groups in total. The molecule has 0 radical (unpaired) electrons. The van der Waals surface area contributed by atoms with Crippen LogP contribution in [0.3, 0.4) is 0 Å². The molecule has 4 aromatic carbocycles. The highest BCUT2D eigenvalue weighted by Crippen LogP contribution is 2.32. The predicted molar refractivity (Wildman–Crippen MR) is 202 cm³/mol. The van der Waals surface area contributed by atoms with Crippen LogP contribution in [0.25, 0.3) is 0 Å². The van der Waals surface area contributed by atoms with E-state index in [1.807, 2.05) is 121 Å². The van der Waals surface area contributed by atoms with Crippen LogP contribution in [0.1, 0.15) is 28.7 Å². The lowest BCUT2D eigenvalue weighted by atomic mass is 9.92. The van der Waals surface area contributed by atoms with Gasteiger partial charge in [-0.3, -0.25) is 4.79 Å². The molecule has 0 aliphatic carbocycles. The Morgan fingerprint density at radius 2 is 1.06 bits per heavy atom. The Kier molecular flexibility index (Phi) is 16.3. The maximum Gasteiger partial charge on any atom is 0.223 e. The molecule has 1 heterocycles. The molecule has 0 bridgehead atoms. The van der Waals surface area contributed by atoms with Crippen molar-refractivity contribution >= 4 is 5.91 Å². The van der Waals surface area contributed by atoms with Crippen molar-refractivity contribution in [2.75, 3.05) is 26.4 Å². The van der Waals surface area contributed by atoms with Crippen LogP contribution in [-0.4, -0.2) is 68.9 Å². The lowest BCUT2D eigenvalue weighted by molar-refractivity contribution is -0.271. The SMILES string of the molecule is C=CCOC[C@H](Cc1ccccc1)NC(=O)C[C@@H]1O[C@H](COCC=C)[C@@H](OCc2ccccc2)[C@H](OCc2ccccc2)[C@H]1OCc1ccccc1. The summed E-state index contributed by atoms with van der Waals surface area (Å²) in [6.45, 7) is 9.80. The van der Waals surface area contributed by atoms with Crippen LogP contribution in [0, 0.1) is 0 Å². The summed E-state index contributed by atoms with van der Waals surface area (Å²) < 4.78 is 38.7. The molecule has 52 heavy (non-hydrogen) atoms. The van der Waals surface area contributed by atoms with E-state index in [-0.39, 0.29) is 25.0 Å². The molecule has 1 fully saturated rings. The quantitative estimate of drug-likeness (QED) is 0.0695. The molecule has 0 saturated carbocycles. The fraction of sp³-hybridized carbons (Fsp3) is 0.341. The fourth-order valence-electron chi connectivity index (χ4n) is 6.26. The topological polar surface area (TPSA) is 84.5 Å². The molecule has 8 nitrogen and oxygen atoms in total. The Morgan fingerprint density at radius 3 is 1.56 bits per heavy atom. The zero-order chi connectivity index (χ0) is 36.2. The summed E-state index contributed by atoms with van der Waals surface area (Å²) in [5.74, 6) is -0.183. The Balaban J connectivity index is 1.43. The predicted octanol–water partition coefficient (Wildman–Crippen LogP) is 7.03. The molecule has 5 rings (SSSR count). The van der Waals surface area contributed by atoms with Crippen LogP contribution in [-0.2, 0) is 59.5 Å². The first-order chi connectivity index (χ1) is 25.6. The van der Waals surface area contributed by atoms with Crippen molar-refractivity contribution in [1.82, 2.24) is 5.32 Å². The number of ether oxygens (including phenoxy) is 6. The van der Waals surface area contributed by atoms with Gasteiger partial charge in [-0.05, 0) is 28.7 Å². The Hall–Kier alpha value is -4.41. The molecule has 1 aliphatic heterocycles. The van der Waals surface area contributed by atoms with Gasteiger partial charge in [-0.1, -0.05) is 133 Å². The molecule has 274 valence electrons. The summed E-state index contributed by atoms with van der Waals surface area (Å²) in [5.41, 5.74) is 4.12. The Morgan fingerprint density at radius 1 is 0.615 bits per heavy atom. The van der Waals surface area contributed by atoms with Gasteiger partial charge in [0.1, 0.15) is 24.4 Å². The molecular formula is C44H51NO7. The molecule has 0 spiro atoms. The highest BCUT2D eigenvalue weighted by molar-refractivity contribution is 5.77. The van der Waals surface area contributed by atoms with Crippen molar-refractivity contribution in [2.45, 2.75) is 69.2 Å². The van der Waals surface area contributed by atoms with Crippen molar-refractivity contribution in [3.63, 3.8) is 0 Å². The maximum absolute atomic E-state index is 14.0. The van der Waals surface area contributed by atoms with Crippen molar-refractivity contribution < 1.29 is 33.2 Å². The van der Waals surface area contributed by atoms with Crippen molar-refractivity contribution in [3.05, 3.63) is 169 Å². The average Bonchev–Trinajstić information content (AvgIpc) is 3.18. The van der Waals surface area contributed by atoms with E-state index in [0.717, 1.165) is 22.3 Å². The van der Waals surface area contributed by atoms with E-state index < -0.39 is 30.5 Å². The fourth-order valence-corrected chi connectivity index (χ4v) is 6.26. The van der Waals surface area contributed by atoms with Gasteiger partial charge in [0.15, 0.2) is 0 Å². The maximum atomic E-state index is 14.0. The lowest BCUT2D eigenvalue weighted by Gasteiger charge is -2.46. The average molecular weight is 706 g/mol. The number of hydrogen-bond acceptors (Lipinski definition) is 7. The molecule has 1 aliphatic rings. The zero-order valence-electron chi connectivity index (χ0n) is 29.8. The Labute approximate surface area is 308 Å². The number of rotatable bonds is 22. The summed E-state index contributed by atoms with van der Waals surface area (Å²) in [7, 11) is 0. The minimum absolute atomic E-state index is 0.0285. The second-order valence-corrected chi connectivity index (χ2v) is 12.8. The van der Waals surface area contributed by atoms with Crippen molar-refractivity contribution in [3.8, 4) is 0 Å². The standard InChI is InChI=1S/C44H51NO7/c1-3-25-47-32-38(27-34-17-9-5-10-18-34)45-41(46)28-39-42(49-29-35-19-11-6-12-20-35)44(51-31-37-23-15-8-16-24-37)43(40(52-39)33-48-26-4-2)50-30-36-21-13-7-14-22-36/h3-24,38-40,42-44H,1-2,25-33H2,(H,45,46)/t38-,39-,40+,42-,43+,44+/m0/s1.